The van der Waals surface area contributed by atoms with Crippen LogP contribution in [0.3, 0.4) is 0 Å². The Morgan fingerprint density at radius 2 is 1.95 bits per heavy atom. The van der Waals surface area contributed by atoms with Gasteiger partial charge in [-0.15, -0.1) is 0 Å². The summed E-state index contributed by atoms with van der Waals surface area (Å²) in [6.45, 7) is 7.81. The summed E-state index contributed by atoms with van der Waals surface area (Å²) >= 11 is 0. The number of aliphatic hydroxyl groups excluding tert-OH is 1. The van der Waals surface area contributed by atoms with Crippen LogP contribution < -0.4 is 0 Å². The molecule has 0 bridgehead atoms. The number of nitrogens with zero attached hydrogens (tertiary/aromatic N) is 1. The van der Waals surface area contributed by atoms with Gasteiger partial charge in [0.25, 0.3) is 5.91 Å². The molecule has 1 saturated heterocycles. The standard InChI is InChI=1S/C17H21NO2/c1-12-7-15(5-4-6-19)9-16(8-12)17(20)18-10-13(2)14(3)11-18/h7-9,13-14,19H,6,10-11H2,1-3H3. The Kier molecular flexibility index (Phi) is 4.46. The summed E-state index contributed by atoms with van der Waals surface area (Å²) in [6.07, 6.45) is 0. The monoisotopic (exact) mass is 271 g/mol. The molecule has 1 aliphatic rings. The van der Waals surface area contributed by atoms with Crippen LogP contribution in [0.25, 0.3) is 0 Å². The molecule has 1 aromatic carbocycles. The fourth-order valence-electron chi connectivity index (χ4n) is 2.60. The van der Waals surface area contributed by atoms with Crippen LogP contribution in [0.2, 0.25) is 0 Å². The predicted molar refractivity (Wildman–Crippen MR) is 79.4 cm³/mol. The molecule has 20 heavy (non-hydrogen) atoms. The lowest BCUT2D eigenvalue weighted by molar-refractivity contribution is 0.0785. The maximum atomic E-state index is 12.5. The van der Waals surface area contributed by atoms with Crippen molar-refractivity contribution in [3.63, 3.8) is 0 Å². The SMILES string of the molecule is Cc1cc(C#CCO)cc(C(=O)N2CC(C)C(C)C2)c1. The first kappa shape index (κ1) is 14.6. The Bertz CT molecular complexity index is 558. The number of carbonyl (C=O) groups is 1. The smallest absolute Gasteiger partial charge is 0.253 e. The molecule has 1 heterocycles. The zero-order valence-electron chi connectivity index (χ0n) is 12.3. The highest BCUT2D eigenvalue weighted by Gasteiger charge is 2.29. The fraction of sp³-hybridized carbons (Fsp3) is 0.471. The van der Waals surface area contributed by atoms with Gasteiger partial charge in [-0.3, -0.25) is 4.79 Å². The fourth-order valence-corrected chi connectivity index (χ4v) is 2.60. The summed E-state index contributed by atoms with van der Waals surface area (Å²) in [4.78, 5) is 14.5. The number of carbonyl (C=O) groups excluding carboxylic acids is 1. The predicted octanol–water partition coefficient (Wildman–Crippen LogP) is 2.07. The molecule has 0 saturated carbocycles. The van der Waals surface area contributed by atoms with Gasteiger partial charge in [0.2, 0.25) is 0 Å². The third-order valence-corrected chi connectivity index (χ3v) is 3.91. The molecule has 1 amide bonds. The topological polar surface area (TPSA) is 40.5 Å². The van der Waals surface area contributed by atoms with E-state index >= 15 is 0 Å². The van der Waals surface area contributed by atoms with Gasteiger partial charge >= 0.3 is 0 Å². The molecule has 3 heteroatoms. The van der Waals surface area contributed by atoms with Gasteiger partial charge in [0.05, 0.1) is 0 Å². The number of benzene rings is 1. The Labute approximate surface area is 120 Å². The van der Waals surface area contributed by atoms with Crippen LogP contribution in [0.5, 0.6) is 0 Å². The second-order valence-corrected chi connectivity index (χ2v) is 5.71. The Balaban J connectivity index is 2.24. The number of aryl methyl sites for hydroxylation is 1. The van der Waals surface area contributed by atoms with Crippen molar-refractivity contribution in [2.24, 2.45) is 11.8 Å². The molecule has 2 atom stereocenters. The number of hydrogen-bond donors (Lipinski definition) is 1. The minimum atomic E-state index is -0.168. The van der Waals surface area contributed by atoms with Crippen molar-refractivity contribution < 1.29 is 9.90 Å². The largest absolute Gasteiger partial charge is 0.384 e. The lowest BCUT2D eigenvalue weighted by Gasteiger charge is -2.16. The Morgan fingerprint density at radius 1 is 1.30 bits per heavy atom. The number of likely N-dealkylation sites (tertiary alicyclic amines) is 1. The summed E-state index contributed by atoms with van der Waals surface area (Å²) in [5.41, 5.74) is 2.48. The highest BCUT2D eigenvalue weighted by atomic mass is 16.2. The molecule has 2 unspecified atom stereocenters. The van der Waals surface area contributed by atoms with Crippen molar-refractivity contribution in [3.8, 4) is 11.8 Å². The average molecular weight is 271 g/mol. The van der Waals surface area contributed by atoms with Gasteiger partial charge in [-0.1, -0.05) is 25.7 Å². The van der Waals surface area contributed by atoms with Gasteiger partial charge < -0.3 is 10.0 Å². The van der Waals surface area contributed by atoms with Gasteiger partial charge in [-0.25, -0.2) is 0 Å². The summed E-state index contributed by atoms with van der Waals surface area (Å²) in [5, 5.41) is 8.76. The van der Waals surface area contributed by atoms with Crippen molar-refractivity contribution in [2.75, 3.05) is 19.7 Å². The van der Waals surface area contributed by atoms with Gasteiger partial charge in [-0.05, 0) is 42.5 Å². The number of amides is 1. The van der Waals surface area contributed by atoms with E-state index in [4.69, 9.17) is 5.11 Å². The molecule has 1 aromatic rings. The molecular weight excluding hydrogens is 250 g/mol. The zero-order valence-corrected chi connectivity index (χ0v) is 12.3. The van der Waals surface area contributed by atoms with Crippen LogP contribution in [0.15, 0.2) is 18.2 Å². The van der Waals surface area contributed by atoms with E-state index in [2.05, 4.69) is 25.7 Å². The zero-order chi connectivity index (χ0) is 14.7. The van der Waals surface area contributed by atoms with Crippen LogP contribution in [-0.2, 0) is 0 Å². The van der Waals surface area contributed by atoms with E-state index in [1.165, 1.54) is 0 Å². The molecule has 0 aliphatic carbocycles. The quantitative estimate of drug-likeness (QED) is 0.794. The lowest BCUT2D eigenvalue weighted by atomic mass is 10.0. The van der Waals surface area contributed by atoms with Crippen molar-refractivity contribution in [3.05, 3.63) is 34.9 Å². The first-order chi connectivity index (χ1) is 9.51. The molecule has 0 aromatic heterocycles. The Hall–Kier alpha value is -1.79. The van der Waals surface area contributed by atoms with E-state index in [0.29, 0.717) is 17.4 Å². The van der Waals surface area contributed by atoms with E-state index < -0.39 is 0 Å². The Morgan fingerprint density at radius 3 is 2.55 bits per heavy atom. The first-order valence-electron chi connectivity index (χ1n) is 7.02. The van der Waals surface area contributed by atoms with Crippen molar-refractivity contribution in [2.45, 2.75) is 20.8 Å². The van der Waals surface area contributed by atoms with Gasteiger partial charge in [0.15, 0.2) is 0 Å². The number of rotatable bonds is 1. The minimum absolute atomic E-state index is 0.0805. The summed E-state index contributed by atoms with van der Waals surface area (Å²) < 4.78 is 0. The van der Waals surface area contributed by atoms with E-state index in [1.54, 1.807) is 0 Å². The molecule has 2 rings (SSSR count). The van der Waals surface area contributed by atoms with Gasteiger partial charge in [0, 0.05) is 24.2 Å². The molecule has 1 fully saturated rings. The second-order valence-electron chi connectivity index (χ2n) is 5.71. The van der Waals surface area contributed by atoms with Crippen molar-refractivity contribution >= 4 is 5.91 Å². The summed E-state index contributed by atoms with van der Waals surface area (Å²) in [6, 6.07) is 5.64. The molecule has 106 valence electrons. The van der Waals surface area contributed by atoms with Crippen LogP contribution >= 0.6 is 0 Å². The lowest BCUT2D eigenvalue weighted by Crippen LogP contribution is -2.29. The van der Waals surface area contributed by atoms with E-state index in [1.807, 2.05) is 30.0 Å². The van der Waals surface area contributed by atoms with Crippen LogP contribution in [0, 0.1) is 30.6 Å². The van der Waals surface area contributed by atoms with E-state index in [-0.39, 0.29) is 12.5 Å². The molecule has 0 spiro atoms. The summed E-state index contributed by atoms with van der Waals surface area (Å²) in [5.74, 6) is 6.68. The van der Waals surface area contributed by atoms with Crippen molar-refractivity contribution in [1.29, 1.82) is 0 Å². The molecule has 1 N–H and O–H groups in total. The summed E-state index contributed by atoms with van der Waals surface area (Å²) in [7, 11) is 0. The highest BCUT2D eigenvalue weighted by Crippen LogP contribution is 2.24. The van der Waals surface area contributed by atoms with Gasteiger partial charge in [0.1, 0.15) is 6.61 Å². The normalized spacial score (nSPS) is 21.5. The van der Waals surface area contributed by atoms with Crippen LogP contribution in [-0.4, -0.2) is 35.6 Å². The first-order valence-corrected chi connectivity index (χ1v) is 7.02. The molecular formula is C17H21NO2. The van der Waals surface area contributed by atoms with Crippen molar-refractivity contribution in [1.82, 2.24) is 4.90 Å². The molecule has 0 radical (unpaired) electrons. The average Bonchev–Trinajstić information content (AvgIpc) is 2.75. The maximum Gasteiger partial charge on any atom is 0.253 e. The minimum Gasteiger partial charge on any atom is -0.384 e. The molecule has 3 nitrogen and oxygen atoms in total. The van der Waals surface area contributed by atoms with Crippen LogP contribution in [0.1, 0.15) is 35.3 Å². The third-order valence-electron chi connectivity index (χ3n) is 3.91. The molecule has 1 aliphatic heterocycles. The van der Waals surface area contributed by atoms with E-state index in [0.717, 1.165) is 24.2 Å². The third kappa shape index (κ3) is 3.20. The number of aliphatic hydroxyl groups is 1. The van der Waals surface area contributed by atoms with Crippen LogP contribution in [0.4, 0.5) is 0 Å². The maximum absolute atomic E-state index is 12.5. The van der Waals surface area contributed by atoms with Gasteiger partial charge in [-0.2, -0.15) is 0 Å². The highest BCUT2D eigenvalue weighted by molar-refractivity contribution is 5.95. The second kappa shape index (κ2) is 6.11. The van der Waals surface area contributed by atoms with E-state index in [9.17, 15) is 4.79 Å². The number of hydrogen-bond acceptors (Lipinski definition) is 2.